The molecule has 0 saturated heterocycles. The lowest BCUT2D eigenvalue weighted by molar-refractivity contribution is -0.112. The number of aromatic amines is 1. The first-order valence-electron chi connectivity index (χ1n) is 26.4. The van der Waals surface area contributed by atoms with Crippen LogP contribution in [0.2, 0.25) is 0 Å². The average molecular weight is 1020 g/mol. The monoisotopic (exact) mass is 1020 g/mol. The van der Waals surface area contributed by atoms with Gasteiger partial charge in [-0.3, -0.25) is 9.79 Å². The molecule has 10 nitrogen and oxygen atoms in total. The van der Waals surface area contributed by atoms with Gasteiger partial charge in [0.1, 0.15) is 23.3 Å². The molecule has 0 fully saturated rings. The molecule has 3 aliphatic rings. The van der Waals surface area contributed by atoms with E-state index in [0.717, 1.165) is 83.7 Å². The van der Waals surface area contributed by atoms with Crippen molar-refractivity contribution >= 4 is 69.9 Å². The van der Waals surface area contributed by atoms with Gasteiger partial charge in [0.2, 0.25) is 0 Å². The van der Waals surface area contributed by atoms with E-state index in [2.05, 4.69) is 155 Å². The summed E-state index contributed by atoms with van der Waals surface area (Å²) in [6, 6.07) is 5.72. The largest absolute Gasteiger partial charge is 0.324 e. The summed E-state index contributed by atoms with van der Waals surface area (Å²) in [5.41, 5.74) is 25.3. The molecule has 77 heavy (non-hydrogen) atoms. The molecule has 0 unspecified atom stereocenters. The molecule has 5 aromatic rings. The Morgan fingerprint density at radius 3 is 1.65 bits per heavy atom. The topological polar surface area (TPSA) is 131 Å². The Morgan fingerprint density at radius 1 is 0.558 bits per heavy atom. The summed E-state index contributed by atoms with van der Waals surface area (Å²) in [7, 11) is 0. The van der Waals surface area contributed by atoms with Crippen LogP contribution in [0.4, 0.5) is 17.3 Å². The zero-order valence-electron chi connectivity index (χ0n) is 48.2. The number of rotatable bonds is 11. The molecular weight excluding hydrogens is 947 g/mol. The lowest BCUT2D eigenvalue weighted by Gasteiger charge is -2.16. The summed E-state index contributed by atoms with van der Waals surface area (Å²) in [6.45, 7) is 40.6. The molecular formula is C67H73N9O. The van der Waals surface area contributed by atoms with E-state index in [1.54, 1.807) is 6.92 Å². The van der Waals surface area contributed by atoms with Gasteiger partial charge in [-0.15, -0.1) is 0 Å². The van der Waals surface area contributed by atoms with Gasteiger partial charge in [0.05, 0.1) is 6.54 Å². The smallest absolute Gasteiger partial charge is 0.251 e. The van der Waals surface area contributed by atoms with Crippen molar-refractivity contribution in [1.82, 2.24) is 10.3 Å². The van der Waals surface area contributed by atoms with Crippen LogP contribution < -0.4 is 10.6 Å². The summed E-state index contributed by atoms with van der Waals surface area (Å²) < 4.78 is 0. The van der Waals surface area contributed by atoms with Crippen LogP contribution >= 0.6 is 0 Å². The molecule has 1 aromatic heterocycles. The van der Waals surface area contributed by atoms with Gasteiger partial charge in [0, 0.05) is 49.9 Å². The highest BCUT2D eigenvalue weighted by atomic mass is 16.1. The van der Waals surface area contributed by atoms with Crippen LogP contribution in [-0.4, -0.2) is 46.8 Å². The molecule has 4 heterocycles. The van der Waals surface area contributed by atoms with E-state index < -0.39 is 0 Å². The molecule has 1 amide bonds. The Kier molecular flexibility index (Phi) is 16.0. The molecule has 0 aliphatic carbocycles. The van der Waals surface area contributed by atoms with Crippen molar-refractivity contribution in [3.63, 3.8) is 0 Å². The third kappa shape index (κ3) is 10.6. The van der Waals surface area contributed by atoms with E-state index in [4.69, 9.17) is 25.0 Å². The van der Waals surface area contributed by atoms with Crippen molar-refractivity contribution in [2.75, 3.05) is 5.32 Å². The number of benzene rings is 4. The number of nitrogens with zero attached hydrogens (tertiary/aromatic N) is 6. The summed E-state index contributed by atoms with van der Waals surface area (Å²) in [4.78, 5) is 47.7. The highest BCUT2D eigenvalue weighted by Crippen LogP contribution is 2.40. The van der Waals surface area contributed by atoms with E-state index in [0.29, 0.717) is 46.9 Å². The number of carbonyl (C=O) groups excluding carboxylic acids is 1. The molecule has 0 bridgehead atoms. The fourth-order valence-electron chi connectivity index (χ4n) is 10.4. The number of hydrogen-bond acceptors (Lipinski definition) is 6. The maximum absolute atomic E-state index is 13.5. The van der Waals surface area contributed by atoms with Crippen LogP contribution in [0.25, 0.3) is 10.8 Å². The fourth-order valence-corrected chi connectivity index (χ4v) is 10.4. The van der Waals surface area contributed by atoms with E-state index >= 15 is 0 Å². The quantitative estimate of drug-likeness (QED) is 0.0691. The molecule has 8 rings (SSSR count). The Hall–Kier alpha value is -8.37. The number of allylic oxidation sites excluding steroid dienone is 15. The summed E-state index contributed by atoms with van der Waals surface area (Å²) in [5, 5.41) is 8.35. The predicted octanol–water partition coefficient (Wildman–Crippen LogP) is 15.8. The molecule has 0 saturated carbocycles. The van der Waals surface area contributed by atoms with Crippen LogP contribution in [0.5, 0.6) is 0 Å². The summed E-state index contributed by atoms with van der Waals surface area (Å²) >= 11 is 0. The third-order valence-electron chi connectivity index (χ3n) is 16.0. The normalized spacial score (nSPS) is 16.6. The number of nitrogens with one attached hydrogen (secondary N) is 3. The number of amidine groups is 5. The first-order valence-corrected chi connectivity index (χ1v) is 26.4. The second-order valence-electron chi connectivity index (χ2n) is 20.8. The van der Waals surface area contributed by atoms with Crippen molar-refractivity contribution in [2.45, 2.75) is 124 Å². The number of aliphatic imine (C=N–C) groups is 6. The molecule has 0 atom stereocenters. The van der Waals surface area contributed by atoms with Crippen molar-refractivity contribution in [3.05, 3.63) is 214 Å². The maximum Gasteiger partial charge on any atom is 0.251 e. The number of aromatic nitrogens is 1. The molecule has 0 radical (unpaired) electrons. The number of anilines is 1. The third-order valence-corrected chi connectivity index (χ3v) is 16.0. The van der Waals surface area contributed by atoms with Crippen molar-refractivity contribution < 1.29 is 4.79 Å². The van der Waals surface area contributed by atoms with Crippen molar-refractivity contribution in [2.24, 2.45) is 30.0 Å². The van der Waals surface area contributed by atoms with Crippen LogP contribution in [0, 0.1) is 83.1 Å². The van der Waals surface area contributed by atoms with Gasteiger partial charge in [0.25, 0.3) is 5.91 Å². The Labute approximate surface area is 456 Å². The van der Waals surface area contributed by atoms with Crippen molar-refractivity contribution in [3.8, 4) is 0 Å². The lowest BCUT2D eigenvalue weighted by atomic mass is 9.88. The first-order chi connectivity index (χ1) is 36.7. The van der Waals surface area contributed by atoms with E-state index in [-0.39, 0.29) is 5.91 Å². The zero-order chi connectivity index (χ0) is 55.7. The van der Waals surface area contributed by atoms with Gasteiger partial charge >= 0.3 is 0 Å². The summed E-state index contributed by atoms with van der Waals surface area (Å²) in [6.07, 6.45) is 24.2. The first kappa shape index (κ1) is 54.9. The highest BCUT2D eigenvalue weighted by molar-refractivity contribution is 6.34. The van der Waals surface area contributed by atoms with Crippen LogP contribution in [0.1, 0.15) is 135 Å². The van der Waals surface area contributed by atoms with E-state index in [9.17, 15) is 4.79 Å². The fraction of sp³-hybridized carbons (Fsp3) is 0.269. The van der Waals surface area contributed by atoms with Gasteiger partial charge < -0.3 is 15.6 Å². The Balaban J connectivity index is 1.10. The number of carbonyl (C=O) groups is 1. The number of amides is 1. The molecule has 0 spiro atoms. The molecule has 3 N–H and O–H groups in total. The molecule has 10 heteroatoms. The molecule has 392 valence electrons. The van der Waals surface area contributed by atoms with Gasteiger partial charge in [-0.2, -0.15) is 0 Å². The second kappa shape index (κ2) is 22.5. The van der Waals surface area contributed by atoms with Gasteiger partial charge in [0.15, 0.2) is 17.5 Å². The second-order valence-corrected chi connectivity index (χ2v) is 20.8. The number of fused-ring (bicyclic) bond motifs is 4. The molecule has 4 aromatic carbocycles. The Morgan fingerprint density at radius 2 is 1.06 bits per heavy atom. The summed E-state index contributed by atoms with van der Waals surface area (Å²) in [5.74, 6) is 4.18. The molecule has 3 aliphatic heterocycles. The minimum atomic E-state index is -0.215. The Bertz CT molecular complexity index is 3800. The van der Waals surface area contributed by atoms with Crippen LogP contribution in [-0.2, 0) is 11.3 Å². The minimum Gasteiger partial charge on any atom is -0.324 e. The predicted molar refractivity (Wildman–Crippen MR) is 329 cm³/mol. The number of hydrogen-bond donors (Lipinski definition) is 3. The lowest BCUT2D eigenvalue weighted by Crippen LogP contribution is -2.25. The maximum atomic E-state index is 13.5. The zero-order valence-corrected chi connectivity index (χ0v) is 48.2. The van der Waals surface area contributed by atoms with E-state index in [1.807, 2.05) is 74.6 Å². The SMILES string of the molecule is C=Nc1[nH]c(N=C2N=C(N=C3NC(=NC4=NCc5c(C)c(C)c(C)c(C)c54)c4c(C)c(C)c(C)c(C)c43)c3c(C)c(C)c(C)c(C)c32)c2ccc(NC(=O)/C(C)=C/C=C/C(C)=C/C=C/C=C(C)/C=C/C=C(C)/C=C/C)cc12. The minimum absolute atomic E-state index is 0.215. The number of H-pyrrole nitrogens is 1. The van der Waals surface area contributed by atoms with E-state index in [1.165, 1.54) is 55.6 Å². The standard InChI is InChI=1S/C67H73N9O/c1-19-24-35(2)27-22-28-36(3)25-20-21-26-37(4)29-23-30-38(5)67(77)70-51-31-32-52-53(33-51)60(68-18)71-61(52)72-63-56-47(14)41(8)43(10)49(16)58(56)65(74-63)76-66-59-50(17)44(11)42(9)48(15)57(59)64(75-66)73-62-55-46(13)40(7)39(6)45(12)54(55)34-69-62/h19-33,71H,18,34H2,1-17H3,(H,70,77)(H,69,72,73,74,75,76)/b21-20+,24-19+,28-22+,29-23+,35-27+,36-25+,37-26+,38-30+. The van der Waals surface area contributed by atoms with Gasteiger partial charge in [-0.1, -0.05) is 89.6 Å². The van der Waals surface area contributed by atoms with Gasteiger partial charge in [-0.25, -0.2) is 25.0 Å². The van der Waals surface area contributed by atoms with Crippen molar-refractivity contribution in [1.29, 1.82) is 0 Å². The van der Waals surface area contributed by atoms with Crippen LogP contribution in [0.3, 0.4) is 0 Å². The average Bonchev–Trinajstić information content (AvgIpc) is 4.25. The van der Waals surface area contributed by atoms with Gasteiger partial charge in [-0.05, 0) is 215 Å². The highest BCUT2D eigenvalue weighted by Gasteiger charge is 2.35. The van der Waals surface area contributed by atoms with Crippen LogP contribution in [0.15, 0.2) is 143 Å².